The van der Waals surface area contributed by atoms with Crippen LogP contribution in [0.3, 0.4) is 0 Å². The van der Waals surface area contributed by atoms with Crippen molar-refractivity contribution in [3.05, 3.63) is 36.0 Å². The van der Waals surface area contributed by atoms with Crippen molar-refractivity contribution in [2.45, 2.75) is 25.8 Å². The number of nitrogens with zero attached hydrogens (tertiary/aromatic N) is 1. The van der Waals surface area contributed by atoms with E-state index < -0.39 is 0 Å². The average molecular weight is 216 g/mol. The molecule has 0 saturated carbocycles. The van der Waals surface area contributed by atoms with Crippen molar-refractivity contribution in [1.82, 2.24) is 4.98 Å². The first-order valence-electron chi connectivity index (χ1n) is 5.54. The first-order valence-corrected chi connectivity index (χ1v) is 5.54. The summed E-state index contributed by atoms with van der Waals surface area (Å²) in [5.74, 6) is 0.226. The summed E-state index contributed by atoms with van der Waals surface area (Å²) in [6, 6.07) is 9.48. The Labute approximate surface area is 94.9 Å². The zero-order valence-corrected chi connectivity index (χ0v) is 9.35. The molecule has 1 aromatic heterocycles. The molecule has 0 fully saturated rings. The molecule has 2 aromatic rings. The fourth-order valence-electron chi connectivity index (χ4n) is 1.70. The molecule has 16 heavy (non-hydrogen) atoms. The van der Waals surface area contributed by atoms with Crippen LogP contribution >= 0.6 is 0 Å². The van der Waals surface area contributed by atoms with Crippen LogP contribution in [0.2, 0.25) is 0 Å². The van der Waals surface area contributed by atoms with Gasteiger partial charge in [-0.3, -0.25) is 0 Å². The fourth-order valence-corrected chi connectivity index (χ4v) is 1.70. The highest BCUT2D eigenvalue weighted by Gasteiger charge is 2.05. The van der Waals surface area contributed by atoms with Crippen LogP contribution in [0.1, 0.15) is 19.0 Å². The Balaban J connectivity index is 2.39. The van der Waals surface area contributed by atoms with E-state index in [0.717, 1.165) is 23.9 Å². The van der Waals surface area contributed by atoms with E-state index in [1.165, 1.54) is 0 Å². The fraction of sp³-hybridized carbons (Fsp3) is 0.308. The first-order chi connectivity index (χ1) is 7.70. The quantitative estimate of drug-likeness (QED) is 0.827. The largest absolute Gasteiger partial charge is 0.506 e. The van der Waals surface area contributed by atoms with Crippen LogP contribution in [0, 0.1) is 0 Å². The van der Waals surface area contributed by atoms with E-state index in [-0.39, 0.29) is 11.8 Å². The third kappa shape index (κ3) is 2.14. The Morgan fingerprint density at radius 2 is 2.12 bits per heavy atom. The van der Waals surface area contributed by atoms with Crippen molar-refractivity contribution in [2.75, 3.05) is 0 Å². The van der Waals surface area contributed by atoms with Crippen molar-refractivity contribution in [3.63, 3.8) is 0 Å². The van der Waals surface area contributed by atoms with Gasteiger partial charge in [-0.25, -0.2) is 4.98 Å². The number of hydrogen-bond acceptors (Lipinski definition) is 3. The van der Waals surface area contributed by atoms with Crippen LogP contribution in [-0.4, -0.2) is 16.1 Å². The zero-order valence-electron chi connectivity index (χ0n) is 9.35. The molecule has 2 rings (SSSR count). The molecule has 0 spiro atoms. The molecule has 3 N–H and O–H groups in total. The minimum atomic E-state index is 0.135. The highest BCUT2D eigenvalue weighted by molar-refractivity contribution is 5.84. The number of phenolic OH excluding ortho intramolecular Hbond substituents is 1. The molecule has 0 aliphatic rings. The van der Waals surface area contributed by atoms with Crippen LogP contribution in [0.15, 0.2) is 30.3 Å². The Morgan fingerprint density at radius 1 is 1.31 bits per heavy atom. The van der Waals surface area contributed by atoms with Crippen molar-refractivity contribution in [1.29, 1.82) is 0 Å². The number of fused-ring (bicyclic) bond motifs is 1. The third-order valence-electron chi connectivity index (χ3n) is 2.75. The third-order valence-corrected chi connectivity index (χ3v) is 2.75. The lowest BCUT2D eigenvalue weighted by Gasteiger charge is -2.08. The predicted octanol–water partition coefficient (Wildman–Crippen LogP) is 2.22. The summed E-state index contributed by atoms with van der Waals surface area (Å²) >= 11 is 0. The number of rotatable bonds is 3. The highest BCUT2D eigenvalue weighted by atomic mass is 16.3. The van der Waals surface area contributed by atoms with E-state index in [1.54, 1.807) is 6.07 Å². The molecule has 1 unspecified atom stereocenters. The van der Waals surface area contributed by atoms with Crippen molar-refractivity contribution >= 4 is 10.9 Å². The summed E-state index contributed by atoms with van der Waals surface area (Å²) in [5.41, 5.74) is 7.47. The number of hydrogen-bond donors (Lipinski definition) is 2. The number of nitrogens with two attached hydrogens (primary N) is 1. The monoisotopic (exact) mass is 216 g/mol. The molecule has 1 aromatic carbocycles. The number of aromatic hydroxyl groups is 1. The second kappa shape index (κ2) is 4.49. The number of pyridine rings is 1. The van der Waals surface area contributed by atoms with Crippen LogP contribution in [-0.2, 0) is 6.42 Å². The van der Waals surface area contributed by atoms with Gasteiger partial charge in [0, 0.05) is 23.5 Å². The predicted molar refractivity (Wildman–Crippen MR) is 65.4 cm³/mol. The second-order valence-corrected chi connectivity index (χ2v) is 4.02. The van der Waals surface area contributed by atoms with E-state index in [9.17, 15) is 5.11 Å². The molecule has 0 bridgehead atoms. The molecule has 0 saturated heterocycles. The van der Waals surface area contributed by atoms with Crippen molar-refractivity contribution in [3.8, 4) is 5.75 Å². The molecule has 3 heteroatoms. The van der Waals surface area contributed by atoms with Gasteiger partial charge in [-0.15, -0.1) is 0 Å². The van der Waals surface area contributed by atoms with E-state index in [2.05, 4.69) is 11.9 Å². The maximum Gasteiger partial charge on any atom is 0.141 e. The van der Waals surface area contributed by atoms with E-state index >= 15 is 0 Å². The molecular weight excluding hydrogens is 200 g/mol. The first kappa shape index (κ1) is 10.9. The molecule has 0 aliphatic carbocycles. The standard InChI is InChI=1S/C13H16N2O/c1-2-10(14)8-11-7-6-9-4-3-5-12(16)13(9)15-11/h3-7,10,16H,2,8,14H2,1H3. The average Bonchev–Trinajstić information content (AvgIpc) is 2.30. The minimum Gasteiger partial charge on any atom is -0.506 e. The maximum absolute atomic E-state index is 9.69. The molecule has 0 radical (unpaired) electrons. The Bertz CT molecular complexity index is 496. The number of para-hydroxylation sites is 1. The van der Waals surface area contributed by atoms with Gasteiger partial charge in [0.25, 0.3) is 0 Å². The lowest BCUT2D eigenvalue weighted by atomic mass is 10.1. The van der Waals surface area contributed by atoms with E-state index in [0.29, 0.717) is 5.52 Å². The van der Waals surface area contributed by atoms with E-state index in [4.69, 9.17) is 5.73 Å². The van der Waals surface area contributed by atoms with Crippen LogP contribution < -0.4 is 5.73 Å². The molecule has 0 aliphatic heterocycles. The number of phenols is 1. The summed E-state index contributed by atoms with van der Waals surface area (Å²) in [6.45, 7) is 2.06. The molecular formula is C13H16N2O. The Morgan fingerprint density at radius 3 is 2.88 bits per heavy atom. The van der Waals surface area contributed by atoms with E-state index in [1.807, 2.05) is 24.3 Å². The van der Waals surface area contributed by atoms with Gasteiger partial charge in [-0.2, -0.15) is 0 Å². The summed E-state index contributed by atoms with van der Waals surface area (Å²) in [5, 5.41) is 10.6. The summed E-state index contributed by atoms with van der Waals surface area (Å²) in [4.78, 5) is 4.43. The van der Waals surface area contributed by atoms with Gasteiger partial charge in [0.1, 0.15) is 11.3 Å². The van der Waals surface area contributed by atoms with Crippen LogP contribution in [0.5, 0.6) is 5.75 Å². The van der Waals surface area contributed by atoms with Gasteiger partial charge in [0.2, 0.25) is 0 Å². The molecule has 1 heterocycles. The van der Waals surface area contributed by atoms with Gasteiger partial charge in [0.05, 0.1) is 0 Å². The van der Waals surface area contributed by atoms with Gasteiger partial charge in [-0.05, 0) is 18.6 Å². The maximum atomic E-state index is 9.69. The lowest BCUT2D eigenvalue weighted by Crippen LogP contribution is -2.21. The van der Waals surface area contributed by atoms with Gasteiger partial charge >= 0.3 is 0 Å². The number of aromatic nitrogens is 1. The zero-order chi connectivity index (χ0) is 11.5. The molecule has 84 valence electrons. The number of benzene rings is 1. The molecule has 0 amide bonds. The van der Waals surface area contributed by atoms with Crippen LogP contribution in [0.4, 0.5) is 0 Å². The topological polar surface area (TPSA) is 59.1 Å². The summed E-state index contributed by atoms with van der Waals surface area (Å²) in [6.07, 6.45) is 1.68. The molecule has 1 atom stereocenters. The van der Waals surface area contributed by atoms with Gasteiger partial charge in [-0.1, -0.05) is 25.1 Å². The second-order valence-electron chi connectivity index (χ2n) is 4.02. The normalized spacial score (nSPS) is 12.9. The van der Waals surface area contributed by atoms with Crippen molar-refractivity contribution < 1.29 is 5.11 Å². The minimum absolute atomic E-state index is 0.135. The summed E-state index contributed by atoms with van der Waals surface area (Å²) < 4.78 is 0. The van der Waals surface area contributed by atoms with Crippen LogP contribution in [0.25, 0.3) is 10.9 Å². The highest BCUT2D eigenvalue weighted by Crippen LogP contribution is 2.22. The van der Waals surface area contributed by atoms with Gasteiger partial charge < -0.3 is 10.8 Å². The molecule has 3 nitrogen and oxygen atoms in total. The summed E-state index contributed by atoms with van der Waals surface area (Å²) in [7, 11) is 0. The smallest absolute Gasteiger partial charge is 0.141 e. The van der Waals surface area contributed by atoms with Crippen molar-refractivity contribution in [2.24, 2.45) is 5.73 Å². The lowest BCUT2D eigenvalue weighted by molar-refractivity contribution is 0.480. The Kier molecular flexibility index (Phi) is 3.06. The SMILES string of the molecule is CCC(N)Cc1ccc2cccc(O)c2n1. The van der Waals surface area contributed by atoms with Gasteiger partial charge in [0.15, 0.2) is 0 Å². The Hall–Kier alpha value is -1.61.